The largest absolute Gasteiger partial charge is 0.484 e. The predicted molar refractivity (Wildman–Crippen MR) is 87.2 cm³/mol. The molecule has 0 aliphatic rings. The van der Waals surface area contributed by atoms with Crippen LogP contribution in [0.1, 0.15) is 28.4 Å². The number of benzene rings is 2. The Balaban J connectivity index is 2.34. The Hall–Kier alpha value is -1.83. The molecule has 4 heteroatoms. The fourth-order valence-corrected chi connectivity index (χ4v) is 2.72. The molecule has 2 N–H and O–H groups in total. The topological polar surface area (TPSA) is 59.0 Å². The van der Waals surface area contributed by atoms with Gasteiger partial charge in [0.25, 0.3) is 0 Å². The van der Waals surface area contributed by atoms with Gasteiger partial charge in [-0.25, -0.2) is 0 Å². The average molecular weight is 345 g/mol. The maximum absolute atomic E-state index is 9.00. The normalized spacial score (nSPS) is 11.8. The summed E-state index contributed by atoms with van der Waals surface area (Å²) < 4.78 is 7.11. The van der Waals surface area contributed by atoms with Crippen molar-refractivity contribution in [3.05, 3.63) is 63.1 Å². The molecular formula is C17H17BrN2O. The van der Waals surface area contributed by atoms with Crippen LogP contribution in [0, 0.1) is 25.2 Å². The van der Waals surface area contributed by atoms with Gasteiger partial charge in [0.05, 0.1) is 11.6 Å². The van der Waals surface area contributed by atoms with Crippen LogP contribution in [0.3, 0.4) is 0 Å². The highest BCUT2D eigenvalue weighted by Gasteiger charge is 2.15. The van der Waals surface area contributed by atoms with E-state index >= 15 is 0 Å². The minimum Gasteiger partial charge on any atom is -0.484 e. The van der Waals surface area contributed by atoms with Crippen molar-refractivity contribution in [2.45, 2.75) is 20.0 Å². The molecule has 0 bridgehead atoms. The van der Waals surface area contributed by atoms with Gasteiger partial charge < -0.3 is 10.5 Å². The van der Waals surface area contributed by atoms with Crippen LogP contribution in [0.15, 0.2) is 40.9 Å². The summed E-state index contributed by atoms with van der Waals surface area (Å²) >= 11 is 3.46. The van der Waals surface area contributed by atoms with Crippen molar-refractivity contribution in [3.63, 3.8) is 0 Å². The van der Waals surface area contributed by atoms with Crippen molar-refractivity contribution in [3.8, 4) is 11.8 Å². The van der Waals surface area contributed by atoms with Gasteiger partial charge in [-0.1, -0.05) is 28.1 Å². The Bertz CT molecular complexity index is 668. The molecule has 0 saturated heterocycles. The molecular weight excluding hydrogens is 328 g/mol. The summed E-state index contributed by atoms with van der Waals surface area (Å²) in [6.45, 7) is 4.27. The summed E-state index contributed by atoms with van der Waals surface area (Å²) in [7, 11) is 0. The minimum atomic E-state index is -0.215. The molecule has 0 aromatic heterocycles. The highest BCUT2D eigenvalue weighted by molar-refractivity contribution is 9.10. The molecule has 3 nitrogen and oxygen atoms in total. The maximum atomic E-state index is 9.00. The van der Waals surface area contributed by atoms with E-state index in [0.29, 0.717) is 12.1 Å². The second-order valence-electron chi connectivity index (χ2n) is 4.95. The molecule has 0 heterocycles. The van der Waals surface area contributed by atoms with E-state index in [4.69, 9.17) is 15.7 Å². The monoisotopic (exact) mass is 344 g/mol. The molecule has 0 aliphatic heterocycles. The van der Waals surface area contributed by atoms with E-state index in [1.807, 2.05) is 50.2 Å². The van der Waals surface area contributed by atoms with Crippen LogP contribution in [0.2, 0.25) is 0 Å². The number of halogens is 1. The molecule has 2 rings (SSSR count). The Labute approximate surface area is 133 Å². The second-order valence-corrected chi connectivity index (χ2v) is 5.86. The van der Waals surface area contributed by atoms with Crippen LogP contribution in [0.4, 0.5) is 0 Å². The first-order valence-corrected chi connectivity index (χ1v) is 7.48. The molecule has 0 amide bonds. The minimum absolute atomic E-state index is 0.215. The van der Waals surface area contributed by atoms with Crippen molar-refractivity contribution in [2.75, 3.05) is 6.54 Å². The number of ether oxygens (including phenoxy) is 1. The lowest BCUT2D eigenvalue weighted by atomic mass is 10.1. The van der Waals surface area contributed by atoms with Crippen molar-refractivity contribution in [1.29, 1.82) is 5.26 Å². The molecule has 108 valence electrons. The van der Waals surface area contributed by atoms with Crippen LogP contribution < -0.4 is 10.5 Å². The van der Waals surface area contributed by atoms with Gasteiger partial charge >= 0.3 is 0 Å². The molecule has 1 unspecified atom stereocenters. The Morgan fingerprint density at radius 2 is 1.90 bits per heavy atom. The van der Waals surface area contributed by atoms with Gasteiger partial charge in [-0.3, -0.25) is 0 Å². The Kier molecular flexibility index (Phi) is 5.00. The lowest BCUT2D eigenvalue weighted by molar-refractivity contribution is 0.211. The SMILES string of the molecule is Cc1cc(C#N)cc(C)c1OC(CN)c1cccc(Br)c1. The molecule has 0 spiro atoms. The standard InChI is InChI=1S/C17H17BrN2O/c1-11-6-13(9-19)7-12(2)17(11)21-16(10-20)14-4-3-5-15(18)8-14/h3-8,16H,10,20H2,1-2H3. The molecule has 0 radical (unpaired) electrons. The van der Waals surface area contributed by atoms with Gasteiger partial charge in [0.2, 0.25) is 0 Å². The van der Waals surface area contributed by atoms with Crippen LogP contribution in [0.5, 0.6) is 5.75 Å². The highest BCUT2D eigenvalue weighted by Crippen LogP contribution is 2.30. The number of nitrogens with zero attached hydrogens (tertiary/aromatic N) is 1. The third-order valence-corrected chi connectivity index (χ3v) is 3.78. The van der Waals surface area contributed by atoms with Gasteiger partial charge in [0.15, 0.2) is 0 Å². The number of hydrogen-bond acceptors (Lipinski definition) is 3. The first-order chi connectivity index (χ1) is 10.0. The quantitative estimate of drug-likeness (QED) is 0.911. The average Bonchev–Trinajstić information content (AvgIpc) is 2.46. The number of aryl methyl sites for hydroxylation is 2. The first kappa shape index (κ1) is 15.6. The van der Waals surface area contributed by atoms with Crippen LogP contribution in [0.25, 0.3) is 0 Å². The first-order valence-electron chi connectivity index (χ1n) is 6.68. The fourth-order valence-electron chi connectivity index (χ4n) is 2.30. The molecule has 0 fully saturated rings. The third kappa shape index (κ3) is 3.63. The lowest BCUT2D eigenvalue weighted by Crippen LogP contribution is -2.19. The van der Waals surface area contributed by atoms with E-state index in [-0.39, 0.29) is 6.10 Å². The van der Waals surface area contributed by atoms with Gasteiger partial charge in [-0.05, 0) is 54.8 Å². The Morgan fingerprint density at radius 1 is 1.24 bits per heavy atom. The molecule has 0 aliphatic carbocycles. The van der Waals surface area contributed by atoms with E-state index in [0.717, 1.165) is 26.9 Å². The zero-order valence-corrected chi connectivity index (χ0v) is 13.6. The van der Waals surface area contributed by atoms with Crippen LogP contribution in [-0.4, -0.2) is 6.54 Å². The smallest absolute Gasteiger partial charge is 0.136 e. The summed E-state index contributed by atoms with van der Waals surface area (Å²) in [5.74, 6) is 0.796. The van der Waals surface area contributed by atoms with E-state index in [2.05, 4.69) is 22.0 Å². The number of hydrogen-bond donors (Lipinski definition) is 1. The van der Waals surface area contributed by atoms with Crippen LogP contribution >= 0.6 is 15.9 Å². The van der Waals surface area contributed by atoms with E-state index in [9.17, 15) is 0 Å². The summed E-state index contributed by atoms with van der Waals surface area (Å²) in [5, 5.41) is 9.00. The predicted octanol–water partition coefficient (Wildman–Crippen LogP) is 4.02. The highest BCUT2D eigenvalue weighted by atomic mass is 79.9. The molecule has 2 aromatic rings. The van der Waals surface area contributed by atoms with Crippen molar-refractivity contribution >= 4 is 15.9 Å². The van der Waals surface area contributed by atoms with Gasteiger partial charge in [0, 0.05) is 11.0 Å². The summed E-state index contributed by atoms with van der Waals surface area (Å²) in [6.07, 6.45) is -0.215. The van der Waals surface area contributed by atoms with E-state index < -0.39 is 0 Å². The lowest BCUT2D eigenvalue weighted by Gasteiger charge is -2.21. The van der Waals surface area contributed by atoms with Crippen molar-refractivity contribution in [1.82, 2.24) is 0 Å². The molecule has 2 aromatic carbocycles. The van der Waals surface area contributed by atoms with Crippen molar-refractivity contribution in [2.24, 2.45) is 5.73 Å². The zero-order chi connectivity index (χ0) is 15.4. The second kappa shape index (κ2) is 6.75. The molecule has 21 heavy (non-hydrogen) atoms. The maximum Gasteiger partial charge on any atom is 0.136 e. The third-order valence-electron chi connectivity index (χ3n) is 3.28. The van der Waals surface area contributed by atoms with E-state index in [1.165, 1.54) is 0 Å². The zero-order valence-electron chi connectivity index (χ0n) is 12.1. The molecule has 1 atom stereocenters. The molecule has 0 saturated carbocycles. The number of rotatable bonds is 4. The Morgan fingerprint density at radius 3 is 2.43 bits per heavy atom. The van der Waals surface area contributed by atoms with Crippen molar-refractivity contribution < 1.29 is 4.74 Å². The van der Waals surface area contributed by atoms with Gasteiger partial charge in [-0.2, -0.15) is 5.26 Å². The van der Waals surface area contributed by atoms with E-state index in [1.54, 1.807) is 0 Å². The van der Waals surface area contributed by atoms with Gasteiger partial charge in [0.1, 0.15) is 11.9 Å². The number of nitriles is 1. The summed E-state index contributed by atoms with van der Waals surface area (Å²) in [6, 6.07) is 13.7. The summed E-state index contributed by atoms with van der Waals surface area (Å²) in [4.78, 5) is 0. The fraction of sp³-hybridized carbons (Fsp3) is 0.235. The van der Waals surface area contributed by atoms with Crippen LogP contribution in [-0.2, 0) is 0 Å². The number of nitrogens with two attached hydrogens (primary N) is 1. The summed E-state index contributed by atoms with van der Waals surface area (Å²) in [5.41, 5.74) is 9.42. The van der Waals surface area contributed by atoms with Gasteiger partial charge in [-0.15, -0.1) is 0 Å².